The summed E-state index contributed by atoms with van der Waals surface area (Å²) >= 11 is 0. The van der Waals surface area contributed by atoms with Gasteiger partial charge in [0.2, 0.25) is 0 Å². The van der Waals surface area contributed by atoms with Crippen molar-refractivity contribution in [2.24, 2.45) is 0 Å². The monoisotopic (exact) mass is 479 g/mol. The molecule has 0 bridgehead atoms. The van der Waals surface area contributed by atoms with Gasteiger partial charge in [-0.2, -0.15) is 8.42 Å². The van der Waals surface area contributed by atoms with Crippen molar-refractivity contribution in [1.82, 2.24) is 4.90 Å². The molecule has 0 spiro atoms. The molecule has 9 heteroatoms. The van der Waals surface area contributed by atoms with Gasteiger partial charge in [0.25, 0.3) is 10.1 Å². The number of ether oxygens (including phenoxy) is 1. The van der Waals surface area contributed by atoms with E-state index in [1.54, 1.807) is 12.1 Å². The van der Waals surface area contributed by atoms with Gasteiger partial charge < -0.3 is 25.0 Å². The van der Waals surface area contributed by atoms with Gasteiger partial charge in [-0.15, -0.1) is 0 Å². The van der Waals surface area contributed by atoms with E-state index in [1.165, 1.54) is 11.1 Å². The summed E-state index contributed by atoms with van der Waals surface area (Å²) in [6.45, 7) is 5.23. The van der Waals surface area contributed by atoms with E-state index in [1.807, 2.05) is 13.0 Å². The summed E-state index contributed by atoms with van der Waals surface area (Å²) in [5, 5.41) is 31.4. The molecule has 1 atom stereocenters. The van der Waals surface area contributed by atoms with Crippen molar-refractivity contribution in [3.8, 4) is 5.75 Å². The first kappa shape index (κ1) is 25.6. The number of aliphatic hydroxyl groups is 2. The Morgan fingerprint density at radius 3 is 2.42 bits per heavy atom. The van der Waals surface area contributed by atoms with Crippen molar-refractivity contribution in [1.29, 1.82) is 0 Å². The molecule has 2 aliphatic heterocycles. The SMILES string of the molecule is CS(=O)(=O)O.Cc1cc(C(O)CN2CCC(O)(c3ccc4c(c3)COCC4)CC2)ccc1O. The lowest BCUT2D eigenvalue weighted by Crippen LogP contribution is -2.44. The maximum atomic E-state index is 11.2. The highest BCUT2D eigenvalue weighted by Gasteiger charge is 2.35. The van der Waals surface area contributed by atoms with E-state index < -0.39 is 21.8 Å². The van der Waals surface area contributed by atoms with E-state index in [0.29, 0.717) is 32.2 Å². The molecule has 1 saturated heterocycles. The zero-order valence-electron chi connectivity index (χ0n) is 19.1. The van der Waals surface area contributed by atoms with Gasteiger partial charge in [-0.1, -0.05) is 24.3 Å². The second-order valence-electron chi connectivity index (χ2n) is 8.91. The minimum Gasteiger partial charge on any atom is -0.508 e. The molecular weight excluding hydrogens is 446 g/mol. The fourth-order valence-electron chi connectivity index (χ4n) is 4.29. The summed E-state index contributed by atoms with van der Waals surface area (Å²) in [5.41, 5.74) is 4.25. The summed E-state index contributed by atoms with van der Waals surface area (Å²) in [6.07, 6.45) is 2.34. The Morgan fingerprint density at radius 2 is 1.79 bits per heavy atom. The van der Waals surface area contributed by atoms with Gasteiger partial charge >= 0.3 is 0 Å². The molecule has 0 aromatic heterocycles. The first-order valence-corrected chi connectivity index (χ1v) is 12.8. The largest absolute Gasteiger partial charge is 0.508 e. The molecule has 0 radical (unpaired) electrons. The number of fused-ring (bicyclic) bond motifs is 1. The third kappa shape index (κ3) is 7.23. The summed E-state index contributed by atoms with van der Waals surface area (Å²) in [6, 6.07) is 11.5. The molecule has 4 N–H and O–H groups in total. The van der Waals surface area contributed by atoms with E-state index in [-0.39, 0.29) is 5.75 Å². The van der Waals surface area contributed by atoms with Gasteiger partial charge in [0.05, 0.1) is 31.2 Å². The average Bonchev–Trinajstić information content (AvgIpc) is 2.76. The number of aliphatic hydroxyl groups excluding tert-OH is 1. The molecular formula is C24H33NO7S. The molecule has 0 aliphatic carbocycles. The zero-order chi connectivity index (χ0) is 24.2. The van der Waals surface area contributed by atoms with Crippen molar-refractivity contribution >= 4 is 10.1 Å². The standard InChI is InChI=1S/C23H29NO4.CH4O3S/c1-16-12-18(3-5-21(16)25)22(26)14-24-9-7-23(27,8-10-24)20-4-2-17-6-11-28-15-19(17)13-20;1-5(2,3)4/h2-5,12-13,22,25-27H,6-11,14-15H2,1H3;1H3,(H,2,3,4). The predicted octanol–water partition coefficient (Wildman–Crippen LogP) is 2.29. The molecule has 182 valence electrons. The number of likely N-dealkylation sites (tertiary alicyclic amines) is 1. The fourth-order valence-corrected chi connectivity index (χ4v) is 4.29. The van der Waals surface area contributed by atoms with Gasteiger partial charge in [0.15, 0.2) is 0 Å². The van der Waals surface area contributed by atoms with Crippen LogP contribution in [0, 0.1) is 6.92 Å². The van der Waals surface area contributed by atoms with Gasteiger partial charge in [0.1, 0.15) is 5.75 Å². The van der Waals surface area contributed by atoms with E-state index in [9.17, 15) is 23.7 Å². The topological polar surface area (TPSA) is 128 Å². The number of aryl methyl sites for hydroxylation is 1. The first-order chi connectivity index (χ1) is 15.4. The molecule has 2 aromatic rings. The number of β-amino-alcohol motifs (C(OH)–C–C–N with tert-alkyl or cyclic N) is 1. The molecule has 0 saturated carbocycles. The molecule has 2 aromatic carbocycles. The van der Waals surface area contributed by atoms with E-state index in [4.69, 9.17) is 9.29 Å². The van der Waals surface area contributed by atoms with E-state index in [2.05, 4.69) is 23.1 Å². The van der Waals surface area contributed by atoms with Crippen LogP contribution in [0.1, 0.15) is 46.8 Å². The Labute approximate surface area is 195 Å². The lowest BCUT2D eigenvalue weighted by molar-refractivity contribution is -0.0346. The molecule has 8 nitrogen and oxygen atoms in total. The van der Waals surface area contributed by atoms with Crippen LogP contribution in [0.25, 0.3) is 0 Å². The number of nitrogens with zero attached hydrogens (tertiary/aromatic N) is 1. The third-order valence-electron chi connectivity index (χ3n) is 6.24. The number of hydrogen-bond acceptors (Lipinski definition) is 7. The van der Waals surface area contributed by atoms with Crippen LogP contribution in [0.5, 0.6) is 5.75 Å². The second kappa shape index (κ2) is 10.5. The zero-order valence-corrected chi connectivity index (χ0v) is 19.9. The highest BCUT2D eigenvalue weighted by molar-refractivity contribution is 7.85. The van der Waals surface area contributed by atoms with Crippen LogP contribution in [-0.4, -0.2) is 65.7 Å². The number of aromatic hydroxyl groups is 1. The minimum atomic E-state index is -3.67. The summed E-state index contributed by atoms with van der Waals surface area (Å²) in [7, 11) is -3.67. The van der Waals surface area contributed by atoms with Gasteiger partial charge in [-0.3, -0.25) is 4.55 Å². The molecule has 33 heavy (non-hydrogen) atoms. The van der Waals surface area contributed by atoms with Crippen molar-refractivity contribution in [2.75, 3.05) is 32.5 Å². The Morgan fingerprint density at radius 1 is 1.12 bits per heavy atom. The average molecular weight is 480 g/mol. The third-order valence-corrected chi connectivity index (χ3v) is 6.24. The quantitative estimate of drug-likeness (QED) is 0.492. The van der Waals surface area contributed by atoms with Gasteiger partial charge in [-0.05, 0) is 66.1 Å². The highest BCUT2D eigenvalue weighted by atomic mass is 32.2. The lowest BCUT2D eigenvalue weighted by Gasteiger charge is -2.39. The van der Waals surface area contributed by atoms with Crippen molar-refractivity contribution in [3.05, 3.63) is 64.2 Å². The number of rotatable bonds is 4. The lowest BCUT2D eigenvalue weighted by atomic mass is 9.82. The number of hydrogen-bond donors (Lipinski definition) is 4. The van der Waals surface area contributed by atoms with Crippen LogP contribution >= 0.6 is 0 Å². The Bertz CT molecular complexity index is 1050. The number of piperidine rings is 1. The molecule has 1 fully saturated rings. The van der Waals surface area contributed by atoms with E-state index >= 15 is 0 Å². The van der Waals surface area contributed by atoms with Crippen molar-refractivity contribution in [2.45, 2.75) is 44.5 Å². The number of benzene rings is 2. The predicted molar refractivity (Wildman–Crippen MR) is 125 cm³/mol. The number of phenols is 1. The maximum absolute atomic E-state index is 11.2. The van der Waals surface area contributed by atoms with Crippen LogP contribution < -0.4 is 0 Å². The molecule has 0 amide bonds. The summed E-state index contributed by atoms with van der Waals surface area (Å²) in [4.78, 5) is 2.20. The molecule has 4 rings (SSSR count). The van der Waals surface area contributed by atoms with Crippen LogP contribution in [0.2, 0.25) is 0 Å². The second-order valence-corrected chi connectivity index (χ2v) is 10.4. The molecule has 1 unspecified atom stereocenters. The number of phenolic OH excluding ortho intramolecular Hbond substituents is 1. The Kier molecular flexibility index (Phi) is 8.15. The molecule has 2 heterocycles. The normalized spacial score (nSPS) is 19.2. The minimum absolute atomic E-state index is 0.245. The maximum Gasteiger partial charge on any atom is 0.261 e. The summed E-state index contributed by atoms with van der Waals surface area (Å²) in [5.74, 6) is 0.245. The Balaban J connectivity index is 0.000000555. The van der Waals surface area contributed by atoms with Crippen LogP contribution in [0.4, 0.5) is 0 Å². The molecule has 2 aliphatic rings. The summed E-state index contributed by atoms with van der Waals surface area (Å²) < 4.78 is 31.4. The highest BCUT2D eigenvalue weighted by Crippen LogP contribution is 2.35. The van der Waals surface area contributed by atoms with Crippen molar-refractivity contribution in [3.63, 3.8) is 0 Å². The van der Waals surface area contributed by atoms with Crippen LogP contribution in [0.15, 0.2) is 36.4 Å². The van der Waals surface area contributed by atoms with E-state index in [0.717, 1.165) is 42.8 Å². The van der Waals surface area contributed by atoms with Gasteiger partial charge in [0, 0.05) is 19.6 Å². The first-order valence-electron chi connectivity index (χ1n) is 11.0. The smallest absolute Gasteiger partial charge is 0.261 e. The Hall–Kier alpha value is -2.01. The van der Waals surface area contributed by atoms with Crippen LogP contribution in [0.3, 0.4) is 0 Å². The van der Waals surface area contributed by atoms with Gasteiger partial charge in [-0.25, -0.2) is 0 Å². The van der Waals surface area contributed by atoms with Crippen molar-refractivity contribution < 1.29 is 33.0 Å². The fraction of sp³-hybridized carbons (Fsp3) is 0.500. The van der Waals surface area contributed by atoms with Crippen LogP contribution in [-0.2, 0) is 33.5 Å².